The number of nitrogens with one attached hydrogen (secondary N) is 1. The predicted molar refractivity (Wildman–Crippen MR) is 122 cm³/mol. The number of hydrogen-bond acceptors (Lipinski definition) is 3. The molecular formula is C23H20Cl2N4O. The van der Waals surface area contributed by atoms with Crippen LogP contribution >= 0.6 is 23.2 Å². The molecule has 2 aromatic carbocycles. The van der Waals surface area contributed by atoms with Crippen LogP contribution in [0.15, 0.2) is 67.0 Å². The Kier molecular flexibility index (Phi) is 6.04. The van der Waals surface area contributed by atoms with Crippen LogP contribution in [0.3, 0.4) is 0 Å². The minimum absolute atomic E-state index is 0.149. The van der Waals surface area contributed by atoms with E-state index in [1.165, 1.54) is 0 Å². The van der Waals surface area contributed by atoms with Gasteiger partial charge in [0, 0.05) is 58.6 Å². The number of aromatic nitrogens is 2. The van der Waals surface area contributed by atoms with Crippen LogP contribution in [-0.2, 0) is 6.54 Å². The quantitative estimate of drug-likeness (QED) is 0.456. The zero-order valence-electron chi connectivity index (χ0n) is 16.1. The molecular weight excluding hydrogens is 419 g/mol. The van der Waals surface area contributed by atoms with E-state index in [1.54, 1.807) is 12.1 Å². The van der Waals surface area contributed by atoms with E-state index in [0.717, 1.165) is 27.7 Å². The number of pyridine rings is 1. The standard InChI is InChI=1S/C23H20Cl2N4O/c24-19-5-4-18(20(25)11-19)14-29-9-6-17-13-28-21(12-22(17)29)15-2-1-3-16(10-15)23(30)27-8-7-26/h1-6,9-13H,7-8,14,26H2,(H,27,30). The fraction of sp³-hybridized carbons (Fsp3) is 0.130. The molecule has 0 aliphatic rings. The third-order valence-electron chi connectivity index (χ3n) is 4.86. The van der Waals surface area contributed by atoms with Gasteiger partial charge in [-0.15, -0.1) is 0 Å². The summed E-state index contributed by atoms with van der Waals surface area (Å²) in [6.07, 6.45) is 3.85. The Hall–Kier alpha value is -2.86. The first-order valence-corrected chi connectivity index (χ1v) is 10.3. The van der Waals surface area contributed by atoms with E-state index in [4.69, 9.17) is 28.9 Å². The summed E-state index contributed by atoms with van der Waals surface area (Å²) in [6.45, 7) is 1.46. The van der Waals surface area contributed by atoms with Crippen molar-refractivity contribution in [3.05, 3.63) is 88.2 Å². The van der Waals surface area contributed by atoms with E-state index in [2.05, 4.69) is 14.9 Å². The smallest absolute Gasteiger partial charge is 0.251 e. The molecule has 0 fully saturated rings. The van der Waals surface area contributed by atoms with E-state index >= 15 is 0 Å². The summed E-state index contributed by atoms with van der Waals surface area (Å²) >= 11 is 12.4. The average molecular weight is 439 g/mol. The number of nitrogens with zero attached hydrogens (tertiary/aromatic N) is 2. The molecule has 3 N–H and O–H groups in total. The maximum Gasteiger partial charge on any atom is 0.251 e. The van der Waals surface area contributed by atoms with E-state index < -0.39 is 0 Å². The Morgan fingerprint density at radius 1 is 1.10 bits per heavy atom. The third-order valence-corrected chi connectivity index (χ3v) is 5.45. The second-order valence-corrected chi connectivity index (χ2v) is 7.78. The molecule has 0 aliphatic carbocycles. The lowest BCUT2D eigenvalue weighted by atomic mass is 10.1. The SMILES string of the molecule is NCCNC(=O)c1cccc(-c2cc3c(ccn3Cc3ccc(Cl)cc3Cl)cn2)c1. The molecule has 0 unspecified atom stereocenters. The fourth-order valence-corrected chi connectivity index (χ4v) is 3.79. The van der Waals surface area contributed by atoms with Crippen molar-refractivity contribution >= 4 is 40.0 Å². The molecule has 5 nitrogen and oxygen atoms in total. The maximum absolute atomic E-state index is 12.3. The monoisotopic (exact) mass is 438 g/mol. The summed E-state index contributed by atoms with van der Waals surface area (Å²) in [6, 6.07) is 17.0. The third kappa shape index (κ3) is 4.33. The molecule has 0 aliphatic heterocycles. The molecule has 0 atom stereocenters. The number of carbonyl (C=O) groups is 1. The van der Waals surface area contributed by atoms with Crippen molar-refractivity contribution in [2.45, 2.75) is 6.54 Å². The Labute approximate surface area is 184 Å². The van der Waals surface area contributed by atoms with Gasteiger partial charge in [0.25, 0.3) is 5.91 Å². The summed E-state index contributed by atoms with van der Waals surface area (Å²) in [7, 11) is 0. The van der Waals surface area contributed by atoms with Gasteiger partial charge in [-0.05, 0) is 42.0 Å². The van der Waals surface area contributed by atoms with Gasteiger partial charge >= 0.3 is 0 Å². The first-order valence-electron chi connectivity index (χ1n) is 9.52. The minimum atomic E-state index is -0.149. The normalized spacial score (nSPS) is 11.0. The van der Waals surface area contributed by atoms with E-state index in [-0.39, 0.29) is 5.91 Å². The number of hydrogen-bond donors (Lipinski definition) is 2. The molecule has 4 rings (SSSR count). The molecule has 152 valence electrons. The molecule has 2 heterocycles. The maximum atomic E-state index is 12.3. The molecule has 0 saturated heterocycles. The fourth-order valence-electron chi connectivity index (χ4n) is 3.32. The first kappa shape index (κ1) is 20.4. The van der Waals surface area contributed by atoms with Gasteiger partial charge in [-0.3, -0.25) is 9.78 Å². The van der Waals surface area contributed by atoms with Gasteiger partial charge in [-0.25, -0.2) is 0 Å². The van der Waals surface area contributed by atoms with Crippen molar-refractivity contribution in [2.24, 2.45) is 5.73 Å². The molecule has 0 saturated carbocycles. The van der Waals surface area contributed by atoms with Crippen molar-refractivity contribution in [1.29, 1.82) is 0 Å². The number of benzene rings is 2. The molecule has 30 heavy (non-hydrogen) atoms. The van der Waals surface area contributed by atoms with E-state index in [9.17, 15) is 4.79 Å². The summed E-state index contributed by atoms with van der Waals surface area (Å²) in [4.78, 5) is 16.8. The highest BCUT2D eigenvalue weighted by atomic mass is 35.5. The largest absolute Gasteiger partial charge is 0.351 e. The van der Waals surface area contributed by atoms with Crippen molar-refractivity contribution < 1.29 is 4.79 Å². The Bertz CT molecular complexity index is 1220. The summed E-state index contributed by atoms with van der Waals surface area (Å²) in [5, 5.41) is 5.06. The van der Waals surface area contributed by atoms with Gasteiger partial charge in [-0.1, -0.05) is 41.4 Å². The van der Waals surface area contributed by atoms with Gasteiger partial charge in [0.2, 0.25) is 0 Å². The van der Waals surface area contributed by atoms with Crippen LogP contribution in [0, 0.1) is 0 Å². The Morgan fingerprint density at radius 2 is 1.97 bits per heavy atom. The highest BCUT2D eigenvalue weighted by molar-refractivity contribution is 6.35. The Balaban J connectivity index is 1.67. The topological polar surface area (TPSA) is 72.9 Å². The van der Waals surface area contributed by atoms with Crippen LogP contribution in [0.2, 0.25) is 10.0 Å². The van der Waals surface area contributed by atoms with E-state index in [0.29, 0.717) is 35.2 Å². The lowest BCUT2D eigenvalue weighted by Crippen LogP contribution is -2.28. The van der Waals surface area contributed by atoms with Crippen LogP contribution in [-0.4, -0.2) is 28.5 Å². The molecule has 0 spiro atoms. The number of rotatable bonds is 6. The van der Waals surface area contributed by atoms with Crippen molar-refractivity contribution in [2.75, 3.05) is 13.1 Å². The summed E-state index contributed by atoms with van der Waals surface area (Å²) in [5.41, 5.74) is 9.71. The van der Waals surface area contributed by atoms with Crippen LogP contribution in [0.25, 0.3) is 22.2 Å². The van der Waals surface area contributed by atoms with Crippen LogP contribution < -0.4 is 11.1 Å². The summed E-state index contributed by atoms with van der Waals surface area (Å²) < 4.78 is 2.12. The van der Waals surface area contributed by atoms with Crippen molar-refractivity contribution in [3.8, 4) is 11.3 Å². The number of carbonyl (C=O) groups excluding carboxylic acids is 1. The van der Waals surface area contributed by atoms with Crippen LogP contribution in [0.4, 0.5) is 0 Å². The number of halogens is 2. The molecule has 7 heteroatoms. The van der Waals surface area contributed by atoms with Gasteiger partial charge in [0.05, 0.1) is 11.2 Å². The van der Waals surface area contributed by atoms with Gasteiger partial charge in [0.15, 0.2) is 0 Å². The second-order valence-electron chi connectivity index (χ2n) is 6.93. The Morgan fingerprint density at radius 3 is 2.77 bits per heavy atom. The lowest BCUT2D eigenvalue weighted by Gasteiger charge is -2.10. The van der Waals surface area contributed by atoms with Gasteiger partial charge in [0.1, 0.15) is 0 Å². The van der Waals surface area contributed by atoms with Gasteiger partial charge in [-0.2, -0.15) is 0 Å². The van der Waals surface area contributed by atoms with Gasteiger partial charge < -0.3 is 15.6 Å². The predicted octanol–water partition coefficient (Wildman–Crippen LogP) is 4.75. The number of fused-ring (bicyclic) bond motifs is 1. The zero-order chi connectivity index (χ0) is 21.1. The second kappa shape index (κ2) is 8.88. The van der Waals surface area contributed by atoms with Crippen molar-refractivity contribution in [1.82, 2.24) is 14.9 Å². The molecule has 0 radical (unpaired) electrons. The lowest BCUT2D eigenvalue weighted by molar-refractivity contribution is 0.0955. The first-order chi connectivity index (χ1) is 14.5. The van der Waals surface area contributed by atoms with Crippen LogP contribution in [0.1, 0.15) is 15.9 Å². The highest BCUT2D eigenvalue weighted by Gasteiger charge is 2.10. The molecule has 2 aromatic heterocycles. The highest BCUT2D eigenvalue weighted by Crippen LogP contribution is 2.26. The van der Waals surface area contributed by atoms with Crippen LogP contribution in [0.5, 0.6) is 0 Å². The molecule has 0 bridgehead atoms. The number of nitrogens with two attached hydrogens (primary N) is 1. The summed E-state index contributed by atoms with van der Waals surface area (Å²) in [5.74, 6) is -0.149. The average Bonchev–Trinajstić information content (AvgIpc) is 3.16. The zero-order valence-corrected chi connectivity index (χ0v) is 17.6. The molecule has 1 amide bonds. The molecule has 4 aromatic rings. The number of amides is 1. The van der Waals surface area contributed by atoms with E-state index in [1.807, 2.05) is 54.9 Å². The minimum Gasteiger partial charge on any atom is -0.351 e. The van der Waals surface area contributed by atoms with Crippen molar-refractivity contribution in [3.63, 3.8) is 0 Å².